The van der Waals surface area contributed by atoms with E-state index in [9.17, 15) is 9.59 Å². The Morgan fingerprint density at radius 1 is 1.29 bits per heavy atom. The zero-order valence-corrected chi connectivity index (χ0v) is 10.3. The first-order chi connectivity index (χ1) is 8.09. The maximum Gasteiger partial charge on any atom is 0.270 e. The van der Waals surface area contributed by atoms with Gasteiger partial charge >= 0.3 is 0 Å². The summed E-state index contributed by atoms with van der Waals surface area (Å²) >= 11 is 0. The van der Waals surface area contributed by atoms with E-state index >= 15 is 0 Å². The smallest absolute Gasteiger partial charge is 0.270 e. The number of aromatic amines is 1. The molecule has 1 saturated heterocycles. The highest BCUT2D eigenvalue weighted by atomic mass is 16.2. The molecule has 2 heterocycles. The minimum atomic E-state index is -0.229. The van der Waals surface area contributed by atoms with Gasteiger partial charge in [0.2, 0.25) is 5.56 Å². The van der Waals surface area contributed by atoms with E-state index in [0.717, 1.165) is 19.3 Å². The van der Waals surface area contributed by atoms with E-state index in [2.05, 4.69) is 18.8 Å². The molecule has 2 unspecified atom stereocenters. The van der Waals surface area contributed by atoms with Gasteiger partial charge in [-0.2, -0.15) is 0 Å². The van der Waals surface area contributed by atoms with Gasteiger partial charge in [0, 0.05) is 18.2 Å². The molecule has 1 fully saturated rings. The summed E-state index contributed by atoms with van der Waals surface area (Å²) in [6.45, 7) is 4.13. The highest BCUT2D eigenvalue weighted by Gasteiger charge is 2.29. The predicted molar refractivity (Wildman–Crippen MR) is 66.0 cm³/mol. The van der Waals surface area contributed by atoms with E-state index in [-0.39, 0.29) is 23.6 Å². The Morgan fingerprint density at radius 3 is 2.53 bits per heavy atom. The standard InChI is InChI=1S/C13H18N2O2/c1-9-5-3-6-10(2)15(9)13(17)11-7-4-8-12(16)14-11/h4,7-10H,3,5-6H2,1-2H3,(H,14,16). The SMILES string of the molecule is CC1CCCC(C)N1C(=O)c1cccc(=O)[nH]1. The van der Waals surface area contributed by atoms with Gasteiger partial charge in [-0.05, 0) is 39.2 Å². The molecule has 92 valence electrons. The molecule has 1 aliphatic rings. The van der Waals surface area contributed by atoms with Crippen molar-refractivity contribution in [3.63, 3.8) is 0 Å². The maximum atomic E-state index is 12.3. The largest absolute Gasteiger partial charge is 0.332 e. The number of pyridine rings is 1. The van der Waals surface area contributed by atoms with Crippen molar-refractivity contribution in [2.45, 2.75) is 45.2 Å². The summed E-state index contributed by atoms with van der Waals surface area (Å²) in [4.78, 5) is 28.0. The van der Waals surface area contributed by atoms with E-state index in [4.69, 9.17) is 0 Å². The molecule has 0 radical (unpaired) electrons. The van der Waals surface area contributed by atoms with Crippen LogP contribution in [0.3, 0.4) is 0 Å². The third-order valence-electron chi connectivity index (χ3n) is 3.43. The first-order valence-electron chi connectivity index (χ1n) is 6.11. The van der Waals surface area contributed by atoms with E-state index in [0.29, 0.717) is 5.69 Å². The number of piperidine rings is 1. The number of H-pyrrole nitrogens is 1. The highest BCUT2D eigenvalue weighted by molar-refractivity contribution is 5.92. The fourth-order valence-corrected chi connectivity index (χ4v) is 2.53. The number of nitrogens with one attached hydrogen (secondary N) is 1. The van der Waals surface area contributed by atoms with Crippen LogP contribution in [0.2, 0.25) is 0 Å². The van der Waals surface area contributed by atoms with Crippen molar-refractivity contribution in [3.8, 4) is 0 Å². The van der Waals surface area contributed by atoms with Crippen LogP contribution in [0.15, 0.2) is 23.0 Å². The molecule has 1 N–H and O–H groups in total. The van der Waals surface area contributed by atoms with Gasteiger partial charge in [-0.15, -0.1) is 0 Å². The van der Waals surface area contributed by atoms with Crippen LogP contribution in [0.4, 0.5) is 0 Å². The molecule has 2 rings (SSSR count). The molecule has 0 aromatic carbocycles. The zero-order chi connectivity index (χ0) is 12.4. The van der Waals surface area contributed by atoms with Crippen LogP contribution in [0.1, 0.15) is 43.6 Å². The summed E-state index contributed by atoms with van der Waals surface area (Å²) in [6.07, 6.45) is 3.23. The molecule has 1 aromatic rings. The molecule has 0 aliphatic carbocycles. The summed E-state index contributed by atoms with van der Waals surface area (Å²) in [5.74, 6) is -0.0672. The molecule has 17 heavy (non-hydrogen) atoms. The fraction of sp³-hybridized carbons (Fsp3) is 0.538. The Hall–Kier alpha value is -1.58. The number of hydrogen-bond acceptors (Lipinski definition) is 2. The average Bonchev–Trinajstić information content (AvgIpc) is 2.28. The van der Waals surface area contributed by atoms with Crippen LogP contribution in [0, 0.1) is 0 Å². The second kappa shape index (κ2) is 4.73. The first-order valence-corrected chi connectivity index (χ1v) is 6.11. The summed E-state index contributed by atoms with van der Waals surface area (Å²) in [5, 5.41) is 0. The number of carbonyl (C=O) groups is 1. The van der Waals surface area contributed by atoms with Gasteiger partial charge in [0.25, 0.3) is 5.91 Å². The van der Waals surface area contributed by atoms with Crippen molar-refractivity contribution in [2.24, 2.45) is 0 Å². The Balaban J connectivity index is 2.27. The van der Waals surface area contributed by atoms with Gasteiger partial charge in [0.05, 0.1) is 0 Å². The highest BCUT2D eigenvalue weighted by Crippen LogP contribution is 2.23. The van der Waals surface area contributed by atoms with E-state index < -0.39 is 0 Å². The Morgan fingerprint density at radius 2 is 1.94 bits per heavy atom. The van der Waals surface area contributed by atoms with Crippen LogP contribution in [-0.4, -0.2) is 27.9 Å². The van der Waals surface area contributed by atoms with E-state index in [1.165, 1.54) is 6.07 Å². The van der Waals surface area contributed by atoms with Crippen LogP contribution in [-0.2, 0) is 0 Å². The lowest BCUT2D eigenvalue weighted by atomic mass is 9.97. The number of rotatable bonds is 1. The molecular weight excluding hydrogens is 216 g/mol. The van der Waals surface area contributed by atoms with Crippen molar-refractivity contribution in [1.82, 2.24) is 9.88 Å². The van der Waals surface area contributed by atoms with Crippen molar-refractivity contribution in [3.05, 3.63) is 34.2 Å². The minimum Gasteiger partial charge on any atom is -0.332 e. The molecule has 2 atom stereocenters. The van der Waals surface area contributed by atoms with Gasteiger partial charge < -0.3 is 9.88 Å². The lowest BCUT2D eigenvalue weighted by molar-refractivity contribution is 0.0504. The van der Waals surface area contributed by atoms with E-state index in [1.54, 1.807) is 12.1 Å². The third kappa shape index (κ3) is 2.40. The molecule has 1 amide bonds. The van der Waals surface area contributed by atoms with Crippen molar-refractivity contribution >= 4 is 5.91 Å². The Kier molecular flexibility index (Phi) is 3.31. The number of nitrogens with zero attached hydrogens (tertiary/aromatic N) is 1. The summed E-state index contributed by atoms with van der Waals surface area (Å²) in [5.41, 5.74) is 0.159. The number of hydrogen-bond donors (Lipinski definition) is 1. The third-order valence-corrected chi connectivity index (χ3v) is 3.43. The van der Waals surface area contributed by atoms with Gasteiger partial charge in [-0.3, -0.25) is 9.59 Å². The average molecular weight is 234 g/mol. The van der Waals surface area contributed by atoms with Gasteiger partial charge in [0.1, 0.15) is 5.69 Å². The van der Waals surface area contributed by atoms with Gasteiger partial charge in [0.15, 0.2) is 0 Å². The van der Waals surface area contributed by atoms with Gasteiger partial charge in [-0.25, -0.2) is 0 Å². The summed E-state index contributed by atoms with van der Waals surface area (Å²) in [7, 11) is 0. The lowest BCUT2D eigenvalue weighted by Gasteiger charge is -2.38. The molecule has 4 nitrogen and oxygen atoms in total. The second-order valence-corrected chi connectivity index (χ2v) is 4.77. The minimum absolute atomic E-state index is 0.0672. The number of likely N-dealkylation sites (tertiary alicyclic amines) is 1. The number of carbonyl (C=O) groups excluding carboxylic acids is 1. The predicted octanol–water partition coefficient (Wildman–Crippen LogP) is 1.78. The lowest BCUT2D eigenvalue weighted by Crippen LogP contribution is -2.48. The molecule has 0 saturated carbocycles. The van der Waals surface area contributed by atoms with Crippen molar-refractivity contribution in [2.75, 3.05) is 0 Å². The molecular formula is C13H18N2O2. The molecule has 0 spiro atoms. The van der Waals surface area contributed by atoms with Crippen molar-refractivity contribution < 1.29 is 4.79 Å². The molecule has 0 bridgehead atoms. The number of aromatic nitrogens is 1. The molecule has 1 aliphatic heterocycles. The Bertz CT molecular complexity index is 456. The topological polar surface area (TPSA) is 53.2 Å². The fourth-order valence-electron chi connectivity index (χ4n) is 2.53. The molecule has 4 heteroatoms. The summed E-state index contributed by atoms with van der Waals surface area (Å²) in [6, 6.07) is 5.19. The molecule has 1 aromatic heterocycles. The van der Waals surface area contributed by atoms with E-state index in [1.807, 2.05) is 4.90 Å². The van der Waals surface area contributed by atoms with Crippen LogP contribution < -0.4 is 5.56 Å². The van der Waals surface area contributed by atoms with Crippen LogP contribution in [0.5, 0.6) is 0 Å². The zero-order valence-electron chi connectivity index (χ0n) is 10.3. The monoisotopic (exact) mass is 234 g/mol. The first kappa shape index (κ1) is 11.9. The normalized spacial score (nSPS) is 24.7. The van der Waals surface area contributed by atoms with Crippen molar-refractivity contribution in [1.29, 1.82) is 0 Å². The second-order valence-electron chi connectivity index (χ2n) is 4.77. The van der Waals surface area contributed by atoms with Crippen LogP contribution >= 0.6 is 0 Å². The van der Waals surface area contributed by atoms with Gasteiger partial charge in [-0.1, -0.05) is 6.07 Å². The quantitative estimate of drug-likeness (QED) is 0.805. The maximum absolute atomic E-state index is 12.3. The number of amides is 1. The Labute approximate surface area is 101 Å². The summed E-state index contributed by atoms with van der Waals surface area (Å²) < 4.78 is 0. The van der Waals surface area contributed by atoms with Crippen LogP contribution in [0.25, 0.3) is 0 Å².